The van der Waals surface area contributed by atoms with Crippen LogP contribution in [0.5, 0.6) is 5.75 Å². The zero-order valence-corrected chi connectivity index (χ0v) is 41.6. The Hall–Kier alpha value is -6.24. The summed E-state index contributed by atoms with van der Waals surface area (Å²) in [5.74, 6) is 1.68. The fraction of sp³-hybridized carbons (Fsp3) is 0.547. The van der Waals surface area contributed by atoms with Crippen molar-refractivity contribution >= 4 is 45.8 Å². The standard InChI is InChI=1S/C53H66N8O10/c1-27-8-13-42(61(27)51(63)45(58-52(64)67-6)34-14-15-69-28(2)16-34)48-54-23-41(56-48)33-9-11-37-36(20-33)26-70-44-22-38-32(21-39(37)44)10-12-40-47(38)57-49(55-40)43-19-31(25-66-5)24-60(43)50(62)46(59-53(65)68-7)35-17-29(3)71-30(4)18-35/h9-12,20-23,27-31,34-35,42-43,45-46H,8,13-19,24-26H2,1-7H3,(H,54,56)(H,55,57)(H,58,64)(H,59,65). The third kappa shape index (κ3) is 9.53. The third-order valence-corrected chi connectivity index (χ3v) is 15.6. The maximum absolute atomic E-state index is 14.7. The molecule has 0 aliphatic carbocycles. The summed E-state index contributed by atoms with van der Waals surface area (Å²) >= 11 is 0. The van der Waals surface area contributed by atoms with Crippen molar-refractivity contribution in [2.45, 2.75) is 128 Å². The average Bonchev–Trinajstić information content (AvgIpc) is 4.19. The lowest BCUT2D eigenvalue weighted by Gasteiger charge is -2.38. The number of amides is 4. The number of H-pyrrole nitrogens is 2. The van der Waals surface area contributed by atoms with E-state index in [1.54, 1.807) is 7.11 Å². The number of imidazole rings is 2. The maximum atomic E-state index is 14.7. The number of fused-ring (bicyclic) bond motifs is 6. The van der Waals surface area contributed by atoms with Crippen LogP contribution < -0.4 is 15.4 Å². The Labute approximate surface area is 413 Å². The van der Waals surface area contributed by atoms with Crippen LogP contribution in [0.4, 0.5) is 9.59 Å². The molecule has 18 nitrogen and oxygen atoms in total. The second-order valence-electron chi connectivity index (χ2n) is 20.4. The normalized spacial score (nSPS) is 27.1. The first kappa shape index (κ1) is 48.4. The highest BCUT2D eigenvalue weighted by Crippen LogP contribution is 2.45. The van der Waals surface area contributed by atoms with Crippen LogP contribution in [0.3, 0.4) is 0 Å². The molecule has 5 aliphatic heterocycles. The molecule has 3 aromatic carbocycles. The number of carbonyl (C=O) groups excluding carboxylic acids is 4. The first-order chi connectivity index (χ1) is 34.3. The summed E-state index contributed by atoms with van der Waals surface area (Å²) in [6, 6.07) is 12.4. The van der Waals surface area contributed by atoms with E-state index in [2.05, 4.69) is 57.0 Å². The Morgan fingerprint density at radius 2 is 1.54 bits per heavy atom. The highest BCUT2D eigenvalue weighted by molar-refractivity contribution is 6.07. The molecule has 7 heterocycles. The van der Waals surface area contributed by atoms with Crippen molar-refractivity contribution in [1.29, 1.82) is 0 Å². The largest absolute Gasteiger partial charge is 0.488 e. The second-order valence-corrected chi connectivity index (χ2v) is 20.4. The summed E-state index contributed by atoms with van der Waals surface area (Å²) in [6.07, 6.45) is 5.21. The average molecular weight is 975 g/mol. The molecule has 4 amide bonds. The van der Waals surface area contributed by atoms with Gasteiger partial charge in [0.15, 0.2) is 0 Å². The van der Waals surface area contributed by atoms with Gasteiger partial charge in [0.2, 0.25) is 11.8 Å². The molecule has 4 saturated heterocycles. The lowest BCUT2D eigenvalue weighted by atomic mass is 9.85. The number of methoxy groups -OCH3 is 3. The summed E-state index contributed by atoms with van der Waals surface area (Å²) in [5.41, 5.74) is 6.48. The number of benzene rings is 3. The summed E-state index contributed by atoms with van der Waals surface area (Å²) in [6.45, 7) is 9.88. The van der Waals surface area contributed by atoms with Gasteiger partial charge >= 0.3 is 12.2 Å². The Morgan fingerprint density at radius 1 is 0.789 bits per heavy atom. The van der Waals surface area contributed by atoms with Crippen molar-refractivity contribution in [3.05, 3.63) is 65.9 Å². The SMILES string of the molecule is COCC1CC(c2nc3c(ccc4cc5c(cc43)OCc3cc(-c4cnc(C6CCC(C)N6C(=O)C(NC(=O)OC)C6CCOC(C)C6)[nH]4)ccc3-5)[nH]2)N(C(=O)C(NC(=O)OC)C2CC(C)OC(C)C2)C1. The molecule has 0 bridgehead atoms. The molecule has 71 heavy (non-hydrogen) atoms. The van der Waals surface area contributed by atoms with E-state index in [4.69, 9.17) is 38.4 Å². The number of alkyl carbamates (subject to hydrolysis) is 2. The van der Waals surface area contributed by atoms with E-state index < -0.39 is 24.3 Å². The van der Waals surface area contributed by atoms with Gasteiger partial charge in [0.05, 0.1) is 74.1 Å². The summed E-state index contributed by atoms with van der Waals surface area (Å²) < 4.78 is 33.9. The molecular formula is C53H66N8O10. The topological polar surface area (TPSA) is 212 Å². The number of hydrogen-bond donors (Lipinski definition) is 4. The van der Waals surface area contributed by atoms with Crippen molar-refractivity contribution in [2.75, 3.05) is 41.1 Å². The van der Waals surface area contributed by atoms with E-state index in [-0.39, 0.29) is 66.0 Å². The van der Waals surface area contributed by atoms with Gasteiger partial charge in [-0.25, -0.2) is 19.6 Å². The fourth-order valence-electron chi connectivity index (χ4n) is 12.2. The Bertz CT molecular complexity index is 2800. The molecule has 5 aromatic rings. The van der Waals surface area contributed by atoms with Crippen LogP contribution in [0.2, 0.25) is 0 Å². The highest BCUT2D eigenvalue weighted by Gasteiger charge is 2.46. The van der Waals surface area contributed by atoms with Gasteiger partial charge in [-0.3, -0.25) is 9.59 Å². The fourth-order valence-corrected chi connectivity index (χ4v) is 12.2. The molecule has 4 N–H and O–H groups in total. The zero-order chi connectivity index (χ0) is 49.7. The highest BCUT2D eigenvalue weighted by atomic mass is 16.5. The maximum Gasteiger partial charge on any atom is 0.407 e. The summed E-state index contributed by atoms with van der Waals surface area (Å²) in [5, 5.41) is 7.68. The van der Waals surface area contributed by atoms with Crippen LogP contribution >= 0.6 is 0 Å². The number of likely N-dealkylation sites (tertiary alicyclic amines) is 2. The van der Waals surface area contributed by atoms with Crippen LogP contribution in [-0.2, 0) is 39.9 Å². The van der Waals surface area contributed by atoms with Gasteiger partial charge in [0.25, 0.3) is 0 Å². The van der Waals surface area contributed by atoms with E-state index in [1.165, 1.54) is 14.2 Å². The van der Waals surface area contributed by atoms with Crippen LogP contribution in [-0.4, -0.2) is 131 Å². The van der Waals surface area contributed by atoms with Crippen molar-refractivity contribution in [3.8, 4) is 28.1 Å². The number of carbonyl (C=O) groups is 4. The monoisotopic (exact) mass is 974 g/mol. The molecule has 0 spiro atoms. The van der Waals surface area contributed by atoms with Crippen molar-refractivity contribution in [1.82, 2.24) is 40.4 Å². The molecule has 378 valence electrons. The number of rotatable bonds is 11. The van der Waals surface area contributed by atoms with Crippen LogP contribution in [0.25, 0.3) is 44.2 Å². The van der Waals surface area contributed by atoms with Gasteiger partial charge < -0.3 is 58.8 Å². The number of aromatic amines is 2. The first-order valence-corrected chi connectivity index (χ1v) is 25.2. The number of nitrogens with one attached hydrogen (secondary N) is 4. The van der Waals surface area contributed by atoms with E-state index in [0.717, 1.165) is 68.3 Å². The molecule has 10 atom stereocenters. The predicted molar refractivity (Wildman–Crippen MR) is 263 cm³/mol. The molecule has 10 rings (SSSR count). The first-order valence-electron chi connectivity index (χ1n) is 25.2. The Balaban J connectivity index is 0.900. The van der Waals surface area contributed by atoms with Crippen LogP contribution in [0.1, 0.15) is 102 Å². The molecular weight excluding hydrogens is 909 g/mol. The van der Waals surface area contributed by atoms with E-state index in [0.29, 0.717) is 70.1 Å². The molecule has 2 aromatic heterocycles. The molecule has 18 heteroatoms. The van der Waals surface area contributed by atoms with Crippen LogP contribution in [0.15, 0.2) is 48.7 Å². The lowest BCUT2D eigenvalue weighted by molar-refractivity contribution is -0.139. The quantitative estimate of drug-likeness (QED) is 0.100. The molecule has 0 radical (unpaired) electrons. The van der Waals surface area contributed by atoms with Crippen LogP contribution in [0, 0.1) is 17.8 Å². The van der Waals surface area contributed by atoms with E-state index in [9.17, 15) is 19.2 Å². The van der Waals surface area contributed by atoms with Crippen molar-refractivity contribution < 1.29 is 47.6 Å². The minimum Gasteiger partial charge on any atom is -0.488 e. The van der Waals surface area contributed by atoms with Gasteiger partial charge in [0, 0.05) is 43.2 Å². The summed E-state index contributed by atoms with van der Waals surface area (Å²) in [4.78, 5) is 75.3. The Kier molecular flexibility index (Phi) is 13.7. The number of hydrogen-bond acceptors (Lipinski definition) is 12. The van der Waals surface area contributed by atoms with E-state index in [1.807, 2.05) is 49.8 Å². The predicted octanol–water partition coefficient (Wildman–Crippen LogP) is 7.72. The van der Waals surface area contributed by atoms with Gasteiger partial charge in [-0.1, -0.05) is 18.2 Å². The van der Waals surface area contributed by atoms with Gasteiger partial charge in [0.1, 0.15) is 36.1 Å². The second kappa shape index (κ2) is 20.1. The number of aromatic nitrogens is 4. The lowest BCUT2D eigenvalue weighted by Crippen LogP contribution is -2.55. The van der Waals surface area contributed by atoms with Gasteiger partial charge in [-0.15, -0.1) is 0 Å². The number of nitrogens with zero attached hydrogens (tertiary/aromatic N) is 4. The smallest absolute Gasteiger partial charge is 0.407 e. The zero-order valence-electron chi connectivity index (χ0n) is 41.6. The van der Waals surface area contributed by atoms with Crippen molar-refractivity contribution in [3.63, 3.8) is 0 Å². The third-order valence-electron chi connectivity index (χ3n) is 15.6. The Morgan fingerprint density at radius 3 is 2.27 bits per heavy atom. The molecule has 5 aliphatic rings. The summed E-state index contributed by atoms with van der Waals surface area (Å²) in [7, 11) is 4.29. The number of ether oxygens (including phenoxy) is 6. The minimum absolute atomic E-state index is 0.0136. The molecule has 0 saturated carbocycles. The minimum atomic E-state index is -0.794. The van der Waals surface area contributed by atoms with E-state index >= 15 is 0 Å². The van der Waals surface area contributed by atoms with Crippen molar-refractivity contribution in [2.24, 2.45) is 17.8 Å². The van der Waals surface area contributed by atoms with Gasteiger partial charge in [-0.2, -0.15) is 0 Å². The molecule has 4 fully saturated rings. The molecule has 10 unspecified atom stereocenters. The van der Waals surface area contributed by atoms with Gasteiger partial charge in [-0.05, 0) is 131 Å².